The van der Waals surface area contributed by atoms with E-state index in [9.17, 15) is 0 Å². The Kier molecular flexibility index (Phi) is 6.22. The van der Waals surface area contributed by atoms with E-state index in [4.69, 9.17) is 9.47 Å². The second-order valence-corrected chi connectivity index (χ2v) is 7.40. The molecule has 4 nitrogen and oxygen atoms in total. The Morgan fingerprint density at radius 3 is 2.69 bits per heavy atom. The quantitative estimate of drug-likeness (QED) is 0.504. The Hall–Kier alpha value is -1.98. The predicted octanol–water partition coefficient (Wildman–Crippen LogP) is 5.06. The molecule has 0 aliphatic carbocycles. The van der Waals surface area contributed by atoms with Crippen LogP contribution < -0.4 is 14.8 Å². The van der Waals surface area contributed by atoms with Crippen LogP contribution in [0.5, 0.6) is 11.5 Å². The largest absolute Gasteiger partial charge is 0.493 e. The molecule has 0 spiro atoms. The van der Waals surface area contributed by atoms with Crippen LogP contribution >= 0.6 is 15.9 Å². The molecule has 0 radical (unpaired) electrons. The molecule has 26 heavy (non-hydrogen) atoms. The minimum atomic E-state index is 0.107. The summed E-state index contributed by atoms with van der Waals surface area (Å²) >= 11 is 3.64. The van der Waals surface area contributed by atoms with Gasteiger partial charge in [-0.15, -0.1) is 0 Å². The number of rotatable bonds is 8. The van der Waals surface area contributed by atoms with Crippen molar-refractivity contribution in [3.8, 4) is 11.5 Å². The number of benzene rings is 2. The lowest BCUT2D eigenvalue weighted by Gasteiger charge is -2.16. The molecule has 0 bridgehead atoms. The summed E-state index contributed by atoms with van der Waals surface area (Å²) in [4.78, 5) is 3.33. The first kappa shape index (κ1) is 18.8. The number of halogens is 1. The zero-order valence-corrected chi connectivity index (χ0v) is 17.0. The van der Waals surface area contributed by atoms with Gasteiger partial charge in [-0.25, -0.2) is 0 Å². The number of hydrogen-bond donors (Lipinski definition) is 2. The van der Waals surface area contributed by atoms with Crippen LogP contribution in [-0.2, 0) is 13.0 Å². The highest BCUT2D eigenvalue weighted by Gasteiger charge is 2.11. The average molecular weight is 417 g/mol. The fourth-order valence-electron chi connectivity index (χ4n) is 3.00. The average Bonchev–Trinajstić information content (AvgIpc) is 3.03. The van der Waals surface area contributed by atoms with Crippen molar-refractivity contribution in [2.75, 3.05) is 13.7 Å². The molecule has 0 aliphatic heterocycles. The molecule has 1 heterocycles. The fraction of sp³-hybridized carbons (Fsp3) is 0.333. The summed E-state index contributed by atoms with van der Waals surface area (Å²) in [5, 5.41) is 4.82. The molecule has 3 aromatic rings. The van der Waals surface area contributed by atoms with Crippen LogP contribution in [0, 0.1) is 0 Å². The monoisotopic (exact) mass is 416 g/mol. The molecule has 5 heteroatoms. The van der Waals surface area contributed by atoms with Crippen molar-refractivity contribution in [2.24, 2.45) is 0 Å². The molecule has 0 amide bonds. The maximum Gasteiger partial charge on any atom is 0.162 e. The van der Waals surface area contributed by atoms with Crippen LogP contribution in [0.4, 0.5) is 0 Å². The van der Waals surface area contributed by atoms with Gasteiger partial charge in [-0.05, 0) is 56.1 Å². The van der Waals surface area contributed by atoms with Crippen molar-refractivity contribution in [1.82, 2.24) is 10.3 Å². The van der Waals surface area contributed by atoms with Crippen molar-refractivity contribution in [1.29, 1.82) is 0 Å². The maximum absolute atomic E-state index is 5.81. The molecular formula is C21H25BrN2O2. The van der Waals surface area contributed by atoms with Crippen LogP contribution in [0.25, 0.3) is 10.9 Å². The Morgan fingerprint density at radius 2 is 1.92 bits per heavy atom. The molecule has 0 saturated heterocycles. The normalized spacial score (nSPS) is 11.3. The molecule has 0 unspecified atom stereocenters. The highest BCUT2D eigenvalue weighted by molar-refractivity contribution is 9.10. The van der Waals surface area contributed by atoms with Crippen LogP contribution in [0.1, 0.15) is 25.0 Å². The third kappa shape index (κ3) is 4.40. The van der Waals surface area contributed by atoms with Crippen LogP contribution in [0.3, 0.4) is 0 Å². The van der Waals surface area contributed by atoms with Gasteiger partial charge < -0.3 is 19.8 Å². The van der Waals surface area contributed by atoms with E-state index in [1.165, 1.54) is 16.5 Å². The standard InChI is InChI=1S/C21H25BrN2O2/c1-14(2)26-21-11-18(22)16(10-20(21)25-3)12-23-9-8-15-13-24-19-7-5-4-6-17(15)19/h4-7,10-11,13-14,23-24H,8-9,12H2,1-3H3. The topological polar surface area (TPSA) is 46.3 Å². The van der Waals surface area contributed by atoms with Gasteiger partial charge in [0, 0.05) is 28.1 Å². The Labute approximate surface area is 163 Å². The molecule has 2 aromatic carbocycles. The lowest BCUT2D eigenvalue weighted by atomic mass is 10.1. The third-order valence-electron chi connectivity index (χ3n) is 4.26. The number of aromatic nitrogens is 1. The van der Waals surface area contributed by atoms with Gasteiger partial charge in [0.2, 0.25) is 0 Å². The van der Waals surface area contributed by atoms with Gasteiger partial charge in [0.25, 0.3) is 0 Å². The molecule has 0 saturated carbocycles. The summed E-state index contributed by atoms with van der Waals surface area (Å²) in [6, 6.07) is 12.4. The van der Waals surface area contributed by atoms with Crippen molar-refractivity contribution >= 4 is 26.8 Å². The molecule has 0 atom stereocenters. The van der Waals surface area contributed by atoms with E-state index >= 15 is 0 Å². The summed E-state index contributed by atoms with van der Waals surface area (Å²) in [6.07, 6.45) is 3.19. The number of H-pyrrole nitrogens is 1. The first-order chi connectivity index (χ1) is 12.6. The minimum Gasteiger partial charge on any atom is -0.493 e. The highest BCUT2D eigenvalue weighted by atomic mass is 79.9. The van der Waals surface area contributed by atoms with E-state index in [0.29, 0.717) is 0 Å². The number of fused-ring (bicyclic) bond motifs is 1. The number of hydrogen-bond acceptors (Lipinski definition) is 3. The molecule has 0 aliphatic rings. The number of nitrogens with one attached hydrogen (secondary N) is 2. The Morgan fingerprint density at radius 1 is 1.12 bits per heavy atom. The lowest BCUT2D eigenvalue weighted by molar-refractivity contribution is 0.230. The summed E-state index contributed by atoms with van der Waals surface area (Å²) in [5.74, 6) is 1.52. The number of methoxy groups -OCH3 is 1. The predicted molar refractivity (Wildman–Crippen MR) is 110 cm³/mol. The summed E-state index contributed by atoms with van der Waals surface area (Å²) in [7, 11) is 1.67. The first-order valence-corrected chi connectivity index (χ1v) is 9.66. The zero-order chi connectivity index (χ0) is 18.5. The molecular weight excluding hydrogens is 392 g/mol. The number of aromatic amines is 1. The van der Waals surface area contributed by atoms with Gasteiger partial charge in [0.15, 0.2) is 11.5 Å². The zero-order valence-electron chi connectivity index (χ0n) is 15.4. The minimum absolute atomic E-state index is 0.107. The van der Waals surface area contributed by atoms with Crippen molar-refractivity contribution in [2.45, 2.75) is 32.9 Å². The highest BCUT2D eigenvalue weighted by Crippen LogP contribution is 2.34. The van der Waals surface area contributed by atoms with E-state index < -0.39 is 0 Å². The molecule has 1 aromatic heterocycles. The van der Waals surface area contributed by atoms with Gasteiger partial charge in [0.05, 0.1) is 13.2 Å². The van der Waals surface area contributed by atoms with Crippen molar-refractivity contribution < 1.29 is 9.47 Å². The number of ether oxygens (including phenoxy) is 2. The van der Waals surface area contributed by atoms with E-state index in [0.717, 1.165) is 41.0 Å². The summed E-state index contributed by atoms with van der Waals surface area (Å²) in [6.45, 7) is 5.68. The SMILES string of the molecule is COc1cc(CNCCc2c[nH]c3ccccc23)c(Br)cc1OC(C)C. The van der Waals surface area contributed by atoms with Crippen LogP contribution in [0.2, 0.25) is 0 Å². The Balaban J connectivity index is 1.61. The Bertz CT molecular complexity index is 874. The van der Waals surface area contributed by atoms with Gasteiger partial charge >= 0.3 is 0 Å². The van der Waals surface area contributed by atoms with Gasteiger partial charge in [-0.2, -0.15) is 0 Å². The second-order valence-electron chi connectivity index (χ2n) is 6.55. The van der Waals surface area contributed by atoms with Crippen LogP contribution in [-0.4, -0.2) is 24.7 Å². The number of para-hydroxylation sites is 1. The fourth-order valence-corrected chi connectivity index (χ4v) is 3.47. The van der Waals surface area contributed by atoms with Gasteiger partial charge in [-0.1, -0.05) is 34.1 Å². The van der Waals surface area contributed by atoms with E-state index in [-0.39, 0.29) is 6.10 Å². The smallest absolute Gasteiger partial charge is 0.162 e. The van der Waals surface area contributed by atoms with Gasteiger partial charge in [0.1, 0.15) is 0 Å². The third-order valence-corrected chi connectivity index (χ3v) is 5.00. The van der Waals surface area contributed by atoms with E-state index in [1.54, 1.807) is 7.11 Å². The van der Waals surface area contributed by atoms with Gasteiger partial charge in [-0.3, -0.25) is 0 Å². The molecule has 2 N–H and O–H groups in total. The van der Waals surface area contributed by atoms with E-state index in [1.807, 2.05) is 26.0 Å². The van der Waals surface area contributed by atoms with Crippen molar-refractivity contribution in [3.63, 3.8) is 0 Å². The molecule has 0 fully saturated rings. The maximum atomic E-state index is 5.81. The summed E-state index contributed by atoms with van der Waals surface area (Å²) in [5.41, 5.74) is 3.68. The second kappa shape index (κ2) is 8.60. The molecule has 3 rings (SSSR count). The lowest BCUT2D eigenvalue weighted by Crippen LogP contribution is -2.17. The summed E-state index contributed by atoms with van der Waals surface area (Å²) < 4.78 is 12.3. The van der Waals surface area contributed by atoms with Crippen molar-refractivity contribution in [3.05, 3.63) is 58.2 Å². The van der Waals surface area contributed by atoms with E-state index in [2.05, 4.69) is 56.7 Å². The van der Waals surface area contributed by atoms with Crippen LogP contribution in [0.15, 0.2) is 47.1 Å². The first-order valence-electron chi connectivity index (χ1n) is 8.87. The molecule has 138 valence electrons.